The first-order valence-corrected chi connectivity index (χ1v) is 10.5. The molecule has 0 bridgehead atoms. The first kappa shape index (κ1) is 20.3. The number of hydrogen-bond donors (Lipinski definition) is 1. The number of ether oxygens (including phenoxy) is 1. The smallest absolute Gasteiger partial charge is 0.314 e. The van der Waals surface area contributed by atoms with Gasteiger partial charge < -0.3 is 10.5 Å². The Morgan fingerprint density at radius 2 is 1.71 bits per heavy atom. The molecule has 1 saturated heterocycles. The van der Waals surface area contributed by atoms with E-state index in [4.69, 9.17) is 22.1 Å². The zero-order valence-electron chi connectivity index (χ0n) is 14.9. The Labute approximate surface area is 168 Å². The highest BCUT2D eigenvalue weighted by atomic mass is 35.5. The van der Waals surface area contributed by atoms with Crippen LogP contribution in [0.15, 0.2) is 53.4 Å². The van der Waals surface area contributed by atoms with Crippen molar-refractivity contribution < 1.29 is 22.7 Å². The molecule has 1 aliphatic heterocycles. The number of amides is 1. The first-order valence-electron chi connectivity index (χ1n) is 8.64. The molecule has 0 aromatic heterocycles. The zero-order chi connectivity index (χ0) is 20.3. The van der Waals surface area contributed by atoms with E-state index < -0.39 is 27.8 Å². The monoisotopic (exact) mass is 422 g/mol. The third-order valence-corrected chi connectivity index (χ3v) is 6.74. The molecule has 1 heterocycles. The van der Waals surface area contributed by atoms with E-state index in [2.05, 4.69) is 0 Å². The summed E-state index contributed by atoms with van der Waals surface area (Å²) in [7, 11) is -3.63. The van der Waals surface area contributed by atoms with Crippen LogP contribution in [0.5, 0.6) is 5.75 Å². The maximum Gasteiger partial charge on any atom is 0.314 e. The fourth-order valence-electron chi connectivity index (χ4n) is 3.00. The summed E-state index contributed by atoms with van der Waals surface area (Å²) >= 11 is 5.81. The van der Waals surface area contributed by atoms with E-state index in [1.165, 1.54) is 40.7 Å². The van der Waals surface area contributed by atoms with Gasteiger partial charge in [0.05, 0.1) is 10.8 Å². The van der Waals surface area contributed by atoms with Gasteiger partial charge in [0.1, 0.15) is 5.75 Å². The van der Waals surface area contributed by atoms with E-state index >= 15 is 0 Å². The third kappa shape index (κ3) is 4.52. The van der Waals surface area contributed by atoms with E-state index in [1.807, 2.05) is 0 Å². The van der Waals surface area contributed by atoms with Crippen LogP contribution in [0.2, 0.25) is 5.02 Å². The summed E-state index contributed by atoms with van der Waals surface area (Å²) in [4.78, 5) is 23.8. The van der Waals surface area contributed by atoms with Gasteiger partial charge in [-0.25, -0.2) is 8.42 Å². The van der Waals surface area contributed by atoms with Gasteiger partial charge in [0.2, 0.25) is 15.9 Å². The Kier molecular flexibility index (Phi) is 6.02. The average Bonchev–Trinajstić information content (AvgIpc) is 2.68. The Morgan fingerprint density at radius 1 is 1.07 bits per heavy atom. The molecule has 7 nitrogen and oxygen atoms in total. The molecule has 0 unspecified atom stereocenters. The van der Waals surface area contributed by atoms with E-state index in [-0.39, 0.29) is 29.3 Å². The van der Waals surface area contributed by atoms with Crippen molar-refractivity contribution in [1.29, 1.82) is 0 Å². The lowest BCUT2D eigenvalue weighted by Gasteiger charge is -2.30. The van der Waals surface area contributed by atoms with Crippen molar-refractivity contribution in [3.8, 4) is 5.75 Å². The number of carbonyl (C=O) groups is 2. The molecule has 3 rings (SSSR count). The van der Waals surface area contributed by atoms with Crippen molar-refractivity contribution in [3.05, 3.63) is 59.1 Å². The Balaban J connectivity index is 1.62. The molecule has 2 aromatic carbocycles. The van der Waals surface area contributed by atoms with E-state index in [9.17, 15) is 18.0 Å². The largest absolute Gasteiger partial charge is 0.426 e. The number of nitrogens with zero attached hydrogens (tertiary/aromatic N) is 1. The first-order chi connectivity index (χ1) is 13.3. The third-order valence-electron chi connectivity index (χ3n) is 4.58. The van der Waals surface area contributed by atoms with E-state index in [0.29, 0.717) is 17.9 Å². The van der Waals surface area contributed by atoms with E-state index in [1.54, 1.807) is 12.1 Å². The van der Waals surface area contributed by atoms with Crippen LogP contribution in [0.1, 0.15) is 23.2 Å². The molecule has 0 spiro atoms. The standard InChI is InChI=1S/C19H19ClN2O5S/c20-15-4-6-17(7-5-15)28(25,26)22-10-8-13(9-11-22)19(24)27-16-3-1-2-14(12-16)18(21)23/h1-7,12-13H,8-11H2,(H2,21,23). The normalized spacial score (nSPS) is 15.9. The quantitative estimate of drug-likeness (QED) is 0.588. The summed E-state index contributed by atoms with van der Waals surface area (Å²) in [5.41, 5.74) is 5.46. The summed E-state index contributed by atoms with van der Waals surface area (Å²) in [5, 5.41) is 0.459. The van der Waals surface area contributed by atoms with Crippen molar-refractivity contribution in [2.45, 2.75) is 17.7 Å². The number of benzene rings is 2. The van der Waals surface area contributed by atoms with Crippen molar-refractivity contribution in [2.75, 3.05) is 13.1 Å². The number of primary amides is 1. The second kappa shape index (κ2) is 8.30. The van der Waals surface area contributed by atoms with Crippen molar-refractivity contribution in [2.24, 2.45) is 11.7 Å². The maximum absolute atomic E-state index is 12.7. The Morgan fingerprint density at radius 3 is 2.32 bits per heavy atom. The molecule has 0 aliphatic carbocycles. The highest BCUT2D eigenvalue weighted by Gasteiger charge is 2.33. The number of hydrogen-bond acceptors (Lipinski definition) is 5. The molecule has 1 aliphatic rings. The van der Waals surface area contributed by atoms with Gasteiger partial charge in [-0.05, 0) is 55.3 Å². The number of halogens is 1. The van der Waals surface area contributed by atoms with Crippen LogP contribution in [0.4, 0.5) is 0 Å². The number of esters is 1. The highest BCUT2D eigenvalue weighted by molar-refractivity contribution is 7.89. The highest BCUT2D eigenvalue weighted by Crippen LogP contribution is 2.26. The maximum atomic E-state index is 12.7. The zero-order valence-corrected chi connectivity index (χ0v) is 16.4. The topological polar surface area (TPSA) is 107 Å². The minimum Gasteiger partial charge on any atom is -0.426 e. The van der Waals surface area contributed by atoms with Gasteiger partial charge in [-0.2, -0.15) is 4.31 Å². The molecule has 1 amide bonds. The fraction of sp³-hybridized carbons (Fsp3) is 0.263. The lowest BCUT2D eigenvalue weighted by atomic mass is 9.98. The van der Waals surface area contributed by atoms with Gasteiger partial charge in [0.15, 0.2) is 0 Å². The molecular weight excluding hydrogens is 404 g/mol. The number of carbonyl (C=O) groups excluding carboxylic acids is 2. The molecule has 2 N–H and O–H groups in total. The summed E-state index contributed by atoms with van der Waals surface area (Å²) < 4.78 is 32.1. The van der Waals surface area contributed by atoms with Gasteiger partial charge in [-0.1, -0.05) is 17.7 Å². The van der Waals surface area contributed by atoms with Gasteiger partial charge in [0, 0.05) is 23.7 Å². The molecule has 148 valence electrons. The number of sulfonamides is 1. The van der Waals surface area contributed by atoms with Gasteiger partial charge in [-0.3, -0.25) is 9.59 Å². The number of piperidine rings is 1. The Bertz CT molecular complexity index is 984. The predicted molar refractivity (Wildman–Crippen MR) is 104 cm³/mol. The molecule has 0 atom stereocenters. The molecule has 9 heteroatoms. The lowest BCUT2D eigenvalue weighted by molar-refractivity contribution is -0.140. The molecular formula is C19H19ClN2O5S. The van der Waals surface area contributed by atoms with Gasteiger partial charge in [-0.15, -0.1) is 0 Å². The SMILES string of the molecule is NC(=O)c1cccc(OC(=O)C2CCN(S(=O)(=O)c3ccc(Cl)cc3)CC2)c1. The van der Waals surface area contributed by atoms with Crippen LogP contribution in [0.3, 0.4) is 0 Å². The molecule has 2 aromatic rings. The molecule has 0 radical (unpaired) electrons. The minimum atomic E-state index is -3.63. The van der Waals surface area contributed by atoms with Crippen LogP contribution in [-0.2, 0) is 14.8 Å². The van der Waals surface area contributed by atoms with Crippen molar-refractivity contribution >= 4 is 33.5 Å². The lowest BCUT2D eigenvalue weighted by Crippen LogP contribution is -2.41. The molecule has 1 fully saturated rings. The summed E-state index contributed by atoms with van der Waals surface area (Å²) in [5.74, 6) is -1.25. The fourth-order valence-corrected chi connectivity index (χ4v) is 4.60. The van der Waals surface area contributed by atoms with Crippen LogP contribution in [-0.4, -0.2) is 37.7 Å². The molecule has 28 heavy (non-hydrogen) atoms. The summed E-state index contributed by atoms with van der Waals surface area (Å²) in [6, 6.07) is 12.0. The predicted octanol–water partition coefficient (Wildman–Crippen LogP) is 2.45. The molecule has 0 saturated carbocycles. The van der Waals surface area contributed by atoms with E-state index in [0.717, 1.165) is 0 Å². The summed E-state index contributed by atoms with van der Waals surface area (Å²) in [6.07, 6.45) is 0.697. The van der Waals surface area contributed by atoms with Gasteiger partial charge >= 0.3 is 5.97 Å². The van der Waals surface area contributed by atoms with Crippen LogP contribution < -0.4 is 10.5 Å². The number of nitrogens with two attached hydrogens (primary N) is 1. The number of rotatable bonds is 5. The van der Waals surface area contributed by atoms with Crippen LogP contribution in [0.25, 0.3) is 0 Å². The minimum absolute atomic E-state index is 0.168. The van der Waals surface area contributed by atoms with Crippen molar-refractivity contribution in [1.82, 2.24) is 4.31 Å². The van der Waals surface area contributed by atoms with Crippen LogP contribution in [0, 0.1) is 5.92 Å². The van der Waals surface area contributed by atoms with Gasteiger partial charge in [0.25, 0.3) is 0 Å². The van der Waals surface area contributed by atoms with Crippen LogP contribution >= 0.6 is 11.6 Å². The average molecular weight is 423 g/mol. The Hall–Kier alpha value is -2.42. The summed E-state index contributed by atoms with van der Waals surface area (Å²) in [6.45, 7) is 0.429. The second-order valence-electron chi connectivity index (χ2n) is 6.45. The van der Waals surface area contributed by atoms with Crippen molar-refractivity contribution in [3.63, 3.8) is 0 Å². The second-order valence-corrected chi connectivity index (χ2v) is 8.82.